The van der Waals surface area contributed by atoms with Gasteiger partial charge in [-0.3, -0.25) is 0 Å². The third-order valence-corrected chi connectivity index (χ3v) is 4.45. The number of rotatable bonds is 2. The fourth-order valence-corrected chi connectivity index (χ4v) is 3.05. The molecule has 0 saturated carbocycles. The minimum atomic E-state index is -0.778. The predicted octanol–water partition coefficient (Wildman–Crippen LogP) is 4.02. The number of nitrogens with one attached hydrogen (secondary N) is 1. The Balaban J connectivity index is 1.64. The van der Waals surface area contributed by atoms with Gasteiger partial charge in [0.25, 0.3) is 0 Å². The van der Waals surface area contributed by atoms with Crippen molar-refractivity contribution in [2.45, 2.75) is 19.9 Å². The molecule has 3 rings (SSSR count). The summed E-state index contributed by atoms with van der Waals surface area (Å²) in [6.07, 6.45) is 0. The number of hydrogen-bond donors (Lipinski definition) is 1. The number of amides is 2. The second-order valence-electron chi connectivity index (χ2n) is 6.38. The molecule has 0 aromatic heterocycles. The van der Waals surface area contributed by atoms with E-state index in [1.165, 1.54) is 11.6 Å². The van der Waals surface area contributed by atoms with Crippen LogP contribution in [0.3, 0.4) is 0 Å². The summed E-state index contributed by atoms with van der Waals surface area (Å²) in [5.41, 5.74) is 2.32. The van der Waals surface area contributed by atoms with E-state index in [1.54, 1.807) is 4.90 Å². The average molecular weight is 345 g/mol. The molecule has 0 aliphatic carbocycles. The first-order valence-electron chi connectivity index (χ1n) is 8.28. The summed E-state index contributed by atoms with van der Waals surface area (Å²) in [5, 5.41) is 2.52. The van der Waals surface area contributed by atoms with Crippen molar-refractivity contribution in [3.63, 3.8) is 0 Å². The number of piperazine rings is 1. The Labute approximate surface area is 146 Å². The number of nitrogens with zero attached hydrogens (tertiary/aromatic N) is 2. The van der Waals surface area contributed by atoms with Crippen LogP contribution in [0.4, 0.5) is 25.0 Å². The summed E-state index contributed by atoms with van der Waals surface area (Å²) in [6.45, 7) is 5.86. The number of halogens is 2. The van der Waals surface area contributed by atoms with Crippen LogP contribution in [0.15, 0.2) is 42.5 Å². The van der Waals surface area contributed by atoms with Crippen molar-refractivity contribution in [1.29, 1.82) is 0 Å². The highest BCUT2D eigenvalue weighted by Crippen LogP contribution is 2.22. The van der Waals surface area contributed by atoms with Gasteiger partial charge < -0.3 is 15.1 Å². The van der Waals surface area contributed by atoms with Gasteiger partial charge in [0, 0.05) is 37.4 Å². The first-order valence-corrected chi connectivity index (χ1v) is 8.28. The Bertz CT molecular complexity index is 764. The average Bonchev–Trinajstić information content (AvgIpc) is 2.58. The molecule has 6 heteroatoms. The van der Waals surface area contributed by atoms with Crippen LogP contribution < -0.4 is 10.2 Å². The van der Waals surface area contributed by atoms with Crippen molar-refractivity contribution in [3.05, 3.63) is 59.7 Å². The Morgan fingerprint density at radius 3 is 2.48 bits per heavy atom. The fourth-order valence-electron chi connectivity index (χ4n) is 3.05. The molecule has 2 aromatic carbocycles. The Morgan fingerprint density at radius 1 is 1.12 bits per heavy atom. The third-order valence-electron chi connectivity index (χ3n) is 4.45. The number of aryl methyl sites for hydroxylation is 1. The van der Waals surface area contributed by atoms with E-state index in [0.717, 1.165) is 17.8 Å². The summed E-state index contributed by atoms with van der Waals surface area (Å²) in [4.78, 5) is 16.3. The highest BCUT2D eigenvalue weighted by Gasteiger charge is 2.27. The molecule has 25 heavy (non-hydrogen) atoms. The Hall–Kier alpha value is -2.63. The summed E-state index contributed by atoms with van der Waals surface area (Å²) < 4.78 is 26.6. The smallest absolute Gasteiger partial charge is 0.322 e. The molecule has 1 saturated heterocycles. The Morgan fingerprint density at radius 2 is 1.84 bits per heavy atom. The molecule has 4 nitrogen and oxygen atoms in total. The van der Waals surface area contributed by atoms with Crippen LogP contribution in [0.2, 0.25) is 0 Å². The monoisotopic (exact) mass is 345 g/mol. The number of carbonyl (C=O) groups is 1. The number of anilines is 2. The zero-order valence-electron chi connectivity index (χ0n) is 14.3. The molecule has 2 aromatic rings. The van der Waals surface area contributed by atoms with Gasteiger partial charge >= 0.3 is 6.03 Å². The van der Waals surface area contributed by atoms with E-state index < -0.39 is 11.6 Å². The minimum Gasteiger partial charge on any atom is -0.365 e. The van der Waals surface area contributed by atoms with E-state index >= 15 is 0 Å². The molecule has 1 heterocycles. The van der Waals surface area contributed by atoms with Crippen LogP contribution in [0.5, 0.6) is 0 Å². The molecule has 0 bridgehead atoms. The molecule has 1 N–H and O–H groups in total. The maximum atomic E-state index is 13.7. The molecule has 0 unspecified atom stereocenters. The zero-order chi connectivity index (χ0) is 18.0. The van der Waals surface area contributed by atoms with Gasteiger partial charge in [-0.1, -0.05) is 17.7 Å². The number of hydrogen-bond acceptors (Lipinski definition) is 2. The molecular formula is C19H21F2N3O. The van der Waals surface area contributed by atoms with Gasteiger partial charge in [0.15, 0.2) is 0 Å². The normalized spacial score (nSPS) is 17.5. The van der Waals surface area contributed by atoms with Gasteiger partial charge in [-0.2, -0.15) is 0 Å². The van der Waals surface area contributed by atoms with E-state index in [1.807, 2.05) is 6.92 Å². The predicted molar refractivity (Wildman–Crippen MR) is 94.9 cm³/mol. The van der Waals surface area contributed by atoms with Crippen molar-refractivity contribution < 1.29 is 13.6 Å². The van der Waals surface area contributed by atoms with Gasteiger partial charge in [-0.25, -0.2) is 13.6 Å². The molecule has 0 radical (unpaired) electrons. The first-order chi connectivity index (χ1) is 11.9. The van der Waals surface area contributed by atoms with E-state index in [9.17, 15) is 13.6 Å². The second kappa shape index (κ2) is 7.09. The molecule has 1 aliphatic heterocycles. The molecule has 1 fully saturated rings. The highest BCUT2D eigenvalue weighted by atomic mass is 19.1. The zero-order valence-corrected chi connectivity index (χ0v) is 14.3. The van der Waals surface area contributed by atoms with E-state index in [4.69, 9.17) is 0 Å². The lowest BCUT2D eigenvalue weighted by Gasteiger charge is -2.41. The minimum absolute atomic E-state index is 0.0139. The Kier molecular flexibility index (Phi) is 4.88. The number of urea groups is 1. The standard InChI is InChI=1S/C19H21F2N3O/c1-13-3-6-16(7-4-13)24-10-9-23(12-14(24)2)19(25)22-18-8-5-15(20)11-17(18)21/h3-8,11,14H,9-10,12H2,1-2H3,(H,22,25)/t14-/m0/s1. The number of carbonyl (C=O) groups excluding carboxylic acids is 1. The van der Waals surface area contributed by atoms with Crippen molar-refractivity contribution in [2.24, 2.45) is 0 Å². The van der Waals surface area contributed by atoms with E-state index in [2.05, 4.69) is 41.4 Å². The molecule has 132 valence electrons. The van der Waals surface area contributed by atoms with Crippen LogP contribution in [-0.4, -0.2) is 36.6 Å². The second-order valence-corrected chi connectivity index (χ2v) is 6.38. The van der Waals surface area contributed by atoms with Crippen molar-refractivity contribution in [2.75, 3.05) is 29.9 Å². The lowest BCUT2D eigenvalue weighted by molar-refractivity contribution is 0.200. The maximum Gasteiger partial charge on any atom is 0.322 e. The van der Waals surface area contributed by atoms with E-state index in [-0.39, 0.29) is 17.8 Å². The number of benzene rings is 2. The van der Waals surface area contributed by atoms with E-state index in [0.29, 0.717) is 19.6 Å². The van der Waals surface area contributed by atoms with Crippen molar-refractivity contribution in [1.82, 2.24) is 4.90 Å². The molecule has 1 aliphatic rings. The van der Waals surface area contributed by atoms with Gasteiger partial charge in [0.2, 0.25) is 0 Å². The SMILES string of the molecule is Cc1ccc(N2CCN(C(=O)Nc3ccc(F)cc3F)C[C@@H]2C)cc1. The van der Waals surface area contributed by atoms with Crippen molar-refractivity contribution in [3.8, 4) is 0 Å². The maximum absolute atomic E-state index is 13.7. The summed E-state index contributed by atoms with van der Waals surface area (Å²) >= 11 is 0. The van der Waals surface area contributed by atoms with Gasteiger partial charge in [-0.15, -0.1) is 0 Å². The van der Waals surface area contributed by atoms with Gasteiger partial charge in [0.05, 0.1) is 5.69 Å². The van der Waals surface area contributed by atoms with Crippen LogP contribution in [0.25, 0.3) is 0 Å². The molecule has 1 atom stereocenters. The summed E-state index contributed by atoms with van der Waals surface area (Å²) in [5.74, 6) is -1.45. The highest BCUT2D eigenvalue weighted by molar-refractivity contribution is 5.89. The molecule has 2 amide bonds. The van der Waals surface area contributed by atoms with Crippen LogP contribution in [-0.2, 0) is 0 Å². The lowest BCUT2D eigenvalue weighted by Crippen LogP contribution is -2.54. The van der Waals surface area contributed by atoms with Crippen LogP contribution in [0.1, 0.15) is 12.5 Å². The van der Waals surface area contributed by atoms with Crippen LogP contribution >= 0.6 is 0 Å². The van der Waals surface area contributed by atoms with Crippen molar-refractivity contribution >= 4 is 17.4 Å². The summed E-state index contributed by atoms with van der Waals surface area (Å²) in [7, 11) is 0. The molecular weight excluding hydrogens is 324 g/mol. The fraction of sp³-hybridized carbons (Fsp3) is 0.316. The lowest BCUT2D eigenvalue weighted by atomic mass is 10.1. The van der Waals surface area contributed by atoms with Crippen LogP contribution in [0, 0.1) is 18.6 Å². The molecule has 0 spiro atoms. The van der Waals surface area contributed by atoms with Gasteiger partial charge in [0.1, 0.15) is 11.6 Å². The van der Waals surface area contributed by atoms with Gasteiger partial charge in [-0.05, 0) is 38.1 Å². The third kappa shape index (κ3) is 3.90. The topological polar surface area (TPSA) is 35.6 Å². The quantitative estimate of drug-likeness (QED) is 0.892. The summed E-state index contributed by atoms with van der Waals surface area (Å²) in [6, 6.07) is 11.2. The first kappa shape index (κ1) is 17.2. The largest absolute Gasteiger partial charge is 0.365 e.